The van der Waals surface area contributed by atoms with Gasteiger partial charge in [0.25, 0.3) is 0 Å². The van der Waals surface area contributed by atoms with E-state index in [1.54, 1.807) is 0 Å². The maximum Gasteiger partial charge on any atom is 0.187 e. The van der Waals surface area contributed by atoms with Crippen LogP contribution in [0.3, 0.4) is 0 Å². The third-order valence-electron chi connectivity index (χ3n) is 17.1. The van der Waals surface area contributed by atoms with Crippen LogP contribution >= 0.6 is 0 Å². The fraction of sp³-hybridized carbons (Fsp3) is 0.333. The average molecular weight is 1040 g/mol. The van der Waals surface area contributed by atoms with Gasteiger partial charge in [-0.05, 0) is 203 Å². The molecule has 0 heterocycles. The number of nitriles is 1. The van der Waals surface area contributed by atoms with E-state index in [1.807, 2.05) is 12.1 Å². The number of nitrogens with zero attached hydrogens (tertiary/aromatic N) is 4. The highest BCUT2D eigenvalue weighted by atomic mass is 15.1. The SMILES string of the molecule is [C-]#[N+]c1ccc2c(c1)C1(c3cc(C#N)ccc3-2)c2cc(N(c3ccc(CCCCCC)cc3)c3ccc(CCCCCC)cc3)ccc2-c2ccc(N(c3ccc(CCCCCC)cc3)c3ccc(CCCCCC)cc3)cc21. The highest BCUT2D eigenvalue weighted by Gasteiger charge is 2.52. The van der Waals surface area contributed by atoms with Crippen LogP contribution in [0.4, 0.5) is 39.8 Å². The Labute approximate surface area is 473 Å². The van der Waals surface area contributed by atoms with Crippen LogP contribution in [0.15, 0.2) is 170 Å². The first kappa shape index (κ1) is 54.7. The molecule has 0 aromatic heterocycles. The Morgan fingerprint density at radius 1 is 0.354 bits per heavy atom. The van der Waals surface area contributed by atoms with Gasteiger partial charge < -0.3 is 9.80 Å². The van der Waals surface area contributed by atoms with Crippen molar-refractivity contribution in [3.05, 3.63) is 231 Å². The summed E-state index contributed by atoms with van der Waals surface area (Å²) in [5.74, 6) is 0. The number of rotatable bonds is 26. The highest BCUT2D eigenvalue weighted by Crippen LogP contribution is 2.64. The molecule has 0 saturated heterocycles. The lowest BCUT2D eigenvalue weighted by atomic mass is 9.70. The second kappa shape index (κ2) is 25.9. The van der Waals surface area contributed by atoms with Gasteiger partial charge >= 0.3 is 0 Å². The van der Waals surface area contributed by atoms with E-state index >= 15 is 0 Å². The van der Waals surface area contributed by atoms with Crippen molar-refractivity contribution in [1.29, 1.82) is 5.26 Å². The zero-order valence-corrected chi connectivity index (χ0v) is 47.6. The molecule has 0 fully saturated rings. The summed E-state index contributed by atoms with van der Waals surface area (Å²) in [6.07, 6.45) is 24.2. The number of aryl methyl sites for hydroxylation is 4. The van der Waals surface area contributed by atoms with Crippen molar-refractivity contribution in [3.8, 4) is 28.3 Å². The van der Waals surface area contributed by atoms with Gasteiger partial charge in [-0.2, -0.15) is 5.26 Å². The Morgan fingerprint density at radius 2 is 0.658 bits per heavy atom. The molecule has 4 nitrogen and oxygen atoms in total. The second-order valence-corrected chi connectivity index (χ2v) is 22.5. The fourth-order valence-corrected chi connectivity index (χ4v) is 12.8. The van der Waals surface area contributed by atoms with Gasteiger partial charge in [-0.1, -0.05) is 190 Å². The van der Waals surface area contributed by atoms with Crippen molar-refractivity contribution in [2.24, 2.45) is 0 Å². The summed E-state index contributed by atoms with van der Waals surface area (Å²) < 4.78 is 0. The van der Waals surface area contributed by atoms with Gasteiger partial charge in [-0.3, -0.25) is 0 Å². The summed E-state index contributed by atoms with van der Waals surface area (Å²) in [6, 6.07) is 66.3. The molecule has 79 heavy (non-hydrogen) atoms. The monoisotopic (exact) mass is 1040 g/mol. The third kappa shape index (κ3) is 11.6. The number of hydrogen-bond acceptors (Lipinski definition) is 3. The zero-order chi connectivity index (χ0) is 54.6. The smallest absolute Gasteiger partial charge is 0.187 e. The van der Waals surface area contributed by atoms with Crippen LogP contribution in [-0.4, -0.2) is 0 Å². The summed E-state index contributed by atoms with van der Waals surface area (Å²) in [5, 5.41) is 10.7. The molecule has 8 aromatic carbocycles. The molecular weight excluding hydrogens is 957 g/mol. The molecule has 8 aromatic rings. The van der Waals surface area contributed by atoms with Crippen molar-refractivity contribution >= 4 is 39.8 Å². The minimum atomic E-state index is -0.846. The zero-order valence-electron chi connectivity index (χ0n) is 47.6. The van der Waals surface area contributed by atoms with Gasteiger partial charge in [0, 0.05) is 34.1 Å². The molecule has 0 N–H and O–H groups in total. The van der Waals surface area contributed by atoms with Gasteiger partial charge in [0.1, 0.15) is 0 Å². The van der Waals surface area contributed by atoms with Crippen molar-refractivity contribution in [1.82, 2.24) is 0 Å². The Hall–Kier alpha value is -7.66. The summed E-state index contributed by atoms with van der Waals surface area (Å²) >= 11 is 0. The van der Waals surface area contributed by atoms with E-state index in [0.717, 1.165) is 104 Å². The predicted octanol–water partition coefficient (Wildman–Crippen LogP) is 21.9. The van der Waals surface area contributed by atoms with Crippen LogP contribution in [0, 0.1) is 17.9 Å². The first-order chi connectivity index (χ1) is 38.9. The Morgan fingerprint density at radius 3 is 0.987 bits per heavy atom. The molecule has 1 spiro atoms. The molecule has 2 aliphatic rings. The summed E-state index contributed by atoms with van der Waals surface area (Å²) in [7, 11) is 0. The fourth-order valence-electron chi connectivity index (χ4n) is 12.8. The van der Waals surface area contributed by atoms with E-state index in [-0.39, 0.29) is 0 Å². The quantitative estimate of drug-likeness (QED) is 0.0400. The normalized spacial score (nSPS) is 12.4. The van der Waals surface area contributed by atoms with Crippen LogP contribution < -0.4 is 9.80 Å². The average Bonchev–Trinajstić information content (AvgIpc) is 2.49. The van der Waals surface area contributed by atoms with Crippen LogP contribution in [0.2, 0.25) is 0 Å². The van der Waals surface area contributed by atoms with E-state index in [9.17, 15) is 5.26 Å². The molecular formula is C75H80N4. The van der Waals surface area contributed by atoms with Gasteiger partial charge in [0.15, 0.2) is 5.69 Å². The molecule has 0 amide bonds. The van der Waals surface area contributed by atoms with Gasteiger partial charge in [0.2, 0.25) is 0 Å². The second-order valence-electron chi connectivity index (χ2n) is 22.5. The Kier molecular flexibility index (Phi) is 17.9. The number of unbranched alkanes of at least 4 members (excludes halogenated alkanes) is 12. The predicted molar refractivity (Wildman–Crippen MR) is 334 cm³/mol. The summed E-state index contributed by atoms with van der Waals surface area (Å²) in [5.41, 5.74) is 21.5. The lowest BCUT2D eigenvalue weighted by Gasteiger charge is -2.33. The van der Waals surface area contributed by atoms with E-state index in [0.29, 0.717) is 11.3 Å². The Bertz CT molecular complexity index is 3060. The van der Waals surface area contributed by atoms with Crippen LogP contribution in [0.1, 0.15) is 180 Å². The maximum atomic E-state index is 10.7. The first-order valence-electron chi connectivity index (χ1n) is 30.2. The molecule has 400 valence electrons. The minimum absolute atomic E-state index is 0.603. The molecule has 0 atom stereocenters. The van der Waals surface area contributed by atoms with Gasteiger partial charge in [-0.25, -0.2) is 4.85 Å². The molecule has 0 aliphatic heterocycles. The molecule has 2 aliphatic carbocycles. The summed E-state index contributed by atoms with van der Waals surface area (Å²) in [4.78, 5) is 8.95. The first-order valence-corrected chi connectivity index (χ1v) is 30.2. The largest absolute Gasteiger partial charge is 0.310 e. The number of benzene rings is 8. The van der Waals surface area contributed by atoms with E-state index in [1.165, 1.54) is 125 Å². The molecule has 0 unspecified atom stereocenters. The van der Waals surface area contributed by atoms with Crippen molar-refractivity contribution in [2.75, 3.05) is 9.80 Å². The van der Waals surface area contributed by atoms with Crippen LogP contribution in [0.25, 0.3) is 27.1 Å². The molecule has 10 rings (SSSR count). The third-order valence-corrected chi connectivity index (χ3v) is 17.1. The minimum Gasteiger partial charge on any atom is -0.310 e. The van der Waals surface area contributed by atoms with Gasteiger partial charge in [-0.15, -0.1) is 0 Å². The van der Waals surface area contributed by atoms with Crippen molar-refractivity contribution in [3.63, 3.8) is 0 Å². The standard InChI is InChI=1S/C75H80N4/c1-6-10-14-18-22-55-26-36-61(37-27-55)78(62-38-28-56(29-39-62)23-19-15-11-7-2)65-44-48-69-70-49-45-66(53-74(70)75(73(69)52-65)71-50-59(54-76)34-46-67(71)68-47-35-60(77-5)51-72(68)75)79(63-40-30-57(31-41-63)24-20-16-12-8-3)64-42-32-58(33-43-64)25-21-17-13-9-4/h26-53H,6-25H2,1-4H3. The van der Waals surface area contributed by atoms with E-state index in [4.69, 9.17) is 6.57 Å². The molecule has 4 heteroatoms. The molecule has 0 saturated carbocycles. The van der Waals surface area contributed by atoms with Crippen molar-refractivity contribution < 1.29 is 0 Å². The van der Waals surface area contributed by atoms with E-state index in [2.05, 4.69) is 206 Å². The number of hydrogen-bond donors (Lipinski definition) is 0. The Balaban J connectivity index is 1.15. The maximum absolute atomic E-state index is 10.7. The lowest BCUT2D eigenvalue weighted by Crippen LogP contribution is -2.26. The van der Waals surface area contributed by atoms with Crippen LogP contribution in [0.5, 0.6) is 0 Å². The number of anilines is 6. The summed E-state index contributed by atoms with van der Waals surface area (Å²) in [6.45, 7) is 17.5. The van der Waals surface area contributed by atoms with Crippen molar-refractivity contribution in [2.45, 2.75) is 162 Å². The molecule has 0 bridgehead atoms. The molecule has 0 radical (unpaired) electrons. The van der Waals surface area contributed by atoms with E-state index < -0.39 is 5.41 Å². The highest BCUT2D eigenvalue weighted by molar-refractivity contribution is 5.98. The number of fused-ring (bicyclic) bond motifs is 10. The van der Waals surface area contributed by atoms with Gasteiger partial charge in [0.05, 0.1) is 23.6 Å². The lowest BCUT2D eigenvalue weighted by molar-refractivity contribution is 0.667. The topological polar surface area (TPSA) is 34.6 Å². The van der Waals surface area contributed by atoms with Crippen LogP contribution in [-0.2, 0) is 31.1 Å².